The van der Waals surface area contributed by atoms with Gasteiger partial charge in [0.1, 0.15) is 0 Å². The van der Waals surface area contributed by atoms with Crippen LogP contribution in [0.2, 0.25) is 0 Å². The van der Waals surface area contributed by atoms with Gasteiger partial charge in [0, 0.05) is 12.5 Å². The monoisotopic (exact) mass is 282 g/mol. The van der Waals surface area contributed by atoms with Gasteiger partial charge in [0.2, 0.25) is 5.91 Å². The van der Waals surface area contributed by atoms with Crippen LogP contribution >= 0.6 is 11.3 Å². The van der Waals surface area contributed by atoms with Crippen molar-refractivity contribution < 1.29 is 4.79 Å². The van der Waals surface area contributed by atoms with Crippen molar-refractivity contribution in [3.63, 3.8) is 0 Å². The number of thiophene rings is 1. The number of carbonyl (C=O) groups is 1. The Bertz CT molecular complexity index is 362. The van der Waals surface area contributed by atoms with E-state index in [0.29, 0.717) is 24.8 Å². The van der Waals surface area contributed by atoms with Crippen molar-refractivity contribution in [2.24, 2.45) is 17.6 Å². The highest BCUT2D eigenvalue weighted by Gasteiger charge is 2.15. The lowest BCUT2D eigenvalue weighted by atomic mass is 9.94. The Morgan fingerprint density at radius 2 is 2.16 bits per heavy atom. The molecule has 2 unspecified atom stereocenters. The van der Waals surface area contributed by atoms with Gasteiger partial charge in [-0.2, -0.15) is 11.3 Å². The van der Waals surface area contributed by atoms with Crippen LogP contribution in [0.5, 0.6) is 0 Å². The largest absolute Gasteiger partial charge is 0.353 e. The van der Waals surface area contributed by atoms with Crippen molar-refractivity contribution in [3.8, 4) is 0 Å². The molecule has 1 amide bonds. The van der Waals surface area contributed by atoms with E-state index >= 15 is 0 Å². The fourth-order valence-corrected chi connectivity index (χ4v) is 3.02. The lowest BCUT2D eigenvalue weighted by Crippen LogP contribution is -2.36. The number of nitrogens with one attached hydrogen (secondary N) is 1. The van der Waals surface area contributed by atoms with E-state index in [4.69, 9.17) is 5.73 Å². The molecule has 0 saturated heterocycles. The average Bonchev–Trinajstić information content (AvgIpc) is 2.79. The second-order valence-corrected chi connectivity index (χ2v) is 6.52. The molecule has 0 radical (unpaired) electrons. The number of rotatable bonds is 8. The van der Waals surface area contributed by atoms with Gasteiger partial charge in [-0.3, -0.25) is 4.79 Å². The summed E-state index contributed by atoms with van der Waals surface area (Å²) < 4.78 is 0. The van der Waals surface area contributed by atoms with Crippen molar-refractivity contribution in [2.75, 3.05) is 6.54 Å². The molecule has 0 bridgehead atoms. The zero-order chi connectivity index (χ0) is 14.3. The summed E-state index contributed by atoms with van der Waals surface area (Å²) in [7, 11) is 0. The zero-order valence-electron chi connectivity index (χ0n) is 12.2. The molecule has 0 fully saturated rings. The van der Waals surface area contributed by atoms with Gasteiger partial charge in [-0.25, -0.2) is 0 Å². The van der Waals surface area contributed by atoms with Crippen LogP contribution in [0, 0.1) is 11.8 Å². The number of carbonyl (C=O) groups excluding carboxylic acids is 1. The first-order chi connectivity index (χ1) is 9.01. The third-order valence-electron chi connectivity index (χ3n) is 3.14. The standard InChI is InChI=1S/C15H26N2OS/c1-11(2)6-14(9-16)8-15(18)17-12(3)7-13-4-5-19-10-13/h4-5,10-12,14H,6-9,16H2,1-3H3,(H,17,18). The summed E-state index contributed by atoms with van der Waals surface area (Å²) >= 11 is 1.69. The first-order valence-electron chi connectivity index (χ1n) is 7.01. The van der Waals surface area contributed by atoms with Gasteiger partial charge in [0.05, 0.1) is 0 Å². The molecule has 0 aliphatic carbocycles. The molecule has 0 aliphatic rings. The Labute approximate surface area is 120 Å². The lowest BCUT2D eigenvalue weighted by molar-refractivity contribution is -0.122. The maximum atomic E-state index is 12.0. The Kier molecular flexibility index (Phi) is 7.10. The molecule has 2 atom stereocenters. The van der Waals surface area contributed by atoms with Crippen LogP contribution in [0.4, 0.5) is 0 Å². The van der Waals surface area contributed by atoms with Gasteiger partial charge in [-0.1, -0.05) is 13.8 Å². The lowest BCUT2D eigenvalue weighted by Gasteiger charge is -2.19. The highest BCUT2D eigenvalue weighted by molar-refractivity contribution is 7.07. The molecule has 0 aromatic carbocycles. The zero-order valence-corrected chi connectivity index (χ0v) is 13.0. The summed E-state index contributed by atoms with van der Waals surface area (Å²) in [5, 5.41) is 7.26. The quantitative estimate of drug-likeness (QED) is 0.770. The van der Waals surface area contributed by atoms with E-state index in [-0.39, 0.29) is 11.9 Å². The Balaban J connectivity index is 2.33. The third-order valence-corrected chi connectivity index (χ3v) is 3.87. The van der Waals surface area contributed by atoms with E-state index in [9.17, 15) is 4.79 Å². The summed E-state index contributed by atoms with van der Waals surface area (Å²) in [5.41, 5.74) is 7.02. The molecule has 1 aromatic rings. The Morgan fingerprint density at radius 3 is 2.68 bits per heavy atom. The van der Waals surface area contributed by atoms with Crippen LogP contribution in [0.3, 0.4) is 0 Å². The number of hydrogen-bond acceptors (Lipinski definition) is 3. The summed E-state index contributed by atoms with van der Waals surface area (Å²) in [4.78, 5) is 12.0. The van der Waals surface area contributed by atoms with Crippen LogP contribution in [0.15, 0.2) is 16.8 Å². The third kappa shape index (κ3) is 6.73. The maximum absolute atomic E-state index is 12.0. The van der Waals surface area contributed by atoms with Crippen LogP contribution < -0.4 is 11.1 Å². The second-order valence-electron chi connectivity index (χ2n) is 5.74. The molecule has 19 heavy (non-hydrogen) atoms. The summed E-state index contributed by atoms with van der Waals surface area (Å²) in [6, 6.07) is 2.29. The van der Waals surface area contributed by atoms with Gasteiger partial charge in [0.15, 0.2) is 0 Å². The van der Waals surface area contributed by atoms with E-state index < -0.39 is 0 Å². The van der Waals surface area contributed by atoms with Crippen molar-refractivity contribution in [1.29, 1.82) is 0 Å². The molecule has 1 heterocycles. The summed E-state index contributed by atoms with van der Waals surface area (Å²) in [6.45, 7) is 6.97. The minimum atomic E-state index is 0.124. The second kappa shape index (κ2) is 8.33. The average molecular weight is 282 g/mol. The van der Waals surface area contributed by atoms with Crippen LogP contribution in [-0.4, -0.2) is 18.5 Å². The smallest absolute Gasteiger partial charge is 0.220 e. The molecule has 0 aliphatic heterocycles. The molecular weight excluding hydrogens is 256 g/mol. The van der Waals surface area contributed by atoms with E-state index in [0.717, 1.165) is 12.8 Å². The van der Waals surface area contributed by atoms with Gasteiger partial charge in [0.25, 0.3) is 0 Å². The minimum absolute atomic E-state index is 0.124. The molecule has 3 N–H and O–H groups in total. The van der Waals surface area contributed by atoms with Gasteiger partial charge in [-0.15, -0.1) is 0 Å². The Hall–Kier alpha value is -0.870. The van der Waals surface area contributed by atoms with Crippen molar-refractivity contribution in [2.45, 2.75) is 46.1 Å². The van der Waals surface area contributed by atoms with Gasteiger partial charge in [-0.05, 0) is 60.5 Å². The van der Waals surface area contributed by atoms with Crippen molar-refractivity contribution in [3.05, 3.63) is 22.4 Å². The number of nitrogens with two attached hydrogens (primary N) is 1. The molecular formula is C15H26N2OS. The molecule has 108 valence electrons. The maximum Gasteiger partial charge on any atom is 0.220 e. The molecule has 0 spiro atoms. The normalized spacial score (nSPS) is 14.4. The molecule has 3 nitrogen and oxygen atoms in total. The first kappa shape index (κ1) is 16.2. The minimum Gasteiger partial charge on any atom is -0.353 e. The highest BCUT2D eigenvalue weighted by atomic mass is 32.1. The topological polar surface area (TPSA) is 55.1 Å². The molecule has 1 rings (SSSR count). The SMILES string of the molecule is CC(C)CC(CN)CC(=O)NC(C)Cc1ccsc1. The highest BCUT2D eigenvalue weighted by Crippen LogP contribution is 2.14. The Morgan fingerprint density at radius 1 is 1.42 bits per heavy atom. The van der Waals surface area contributed by atoms with E-state index in [1.54, 1.807) is 11.3 Å². The number of hydrogen-bond donors (Lipinski definition) is 2. The molecule has 1 aromatic heterocycles. The molecule has 0 saturated carbocycles. The predicted octanol–water partition coefficient (Wildman–Crippen LogP) is 2.81. The van der Waals surface area contributed by atoms with Crippen LogP contribution in [0.25, 0.3) is 0 Å². The first-order valence-corrected chi connectivity index (χ1v) is 7.96. The fraction of sp³-hybridized carbons (Fsp3) is 0.667. The van der Waals surface area contributed by atoms with Crippen molar-refractivity contribution >= 4 is 17.2 Å². The molecule has 4 heteroatoms. The van der Waals surface area contributed by atoms with Crippen LogP contribution in [0.1, 0.15) is 39.2 Å². The van der Waals surface area contributed by atoms with E-state index in [2.05, 4.69) is 42.9 Å². The van der Waals surface area contributed by atoms with Crippen molar-refractivity contribution in [1.82, 2.24) is 5.32 Å². The van der Waals surface area contributed by atoms with Crippen LogP contribution in [-0.2, 0) is 11.2 Å². The fourth-order valence-electron chi connectivity index (χ4n) is 2.34. The van der Waals surface area contributed by atoms with E-state index in [1.807, 2.05) is 0 Å². The summed E-state index contributed by atoms with van der Waals surface area (Å²) in [6.07, 6.45) is 2.46. The summed E-state index contributed by atoms with van der Waals surface area (Å²) in [5.74, 6) is 1.01. The van der Waals surface area contributed by atoms with Gasteiger partial charge < -0.3 is 11.1 Å². The number of amides is 1. The van der Waals surface area contributed by atoms with E-state index in [1.165, 1.54) is 5.56 Å². The van der Waals surface area contributed by atoms with Gasteiger partial charge >= 0.3 is 0 Å². The predicted molar refractivity (Wildman–Crippen MR) is 82.2 cm³/mol.